The molecule has 2 aromatic rings. The summed E-state index contributed by atoms with van der Waals surface area (Å²) in [5, 5.41) is 0.723. The van der Waals surface area contributed by atoms with Gasteiger partial charge in [0.2, 0.25) is 0 Å². The van der Waals surface area contributed by atoms with E-state index in [2.05, 4.69) is 43.3 Å². The Hall–Kier alpha value is -0.800. The van der Waals surface area contributed by atoms with Gasteiger partial charge in [0.15, 0.2) is 4.77 Å². The molecule has 0 saturated heterocycles. The van der Waals surface area contributed by atoms with Gasteiger partial charge in [-0.1, -0.05) is 45.4 Å². The first-order valence-electron chi connectivity index (χ1n) is 6.17. The lowest BCUT2D eigenvalue weighted by atomic mass is 9.82. The quantitative estimate of drug-likeness (QED) is 0.766. The van der Waals surface area contributed by atoms with Crippen molar-refractivity contribution in [2.45, 2.75) is 34.2 Å². The second-order valence-electron chi connectivity index (χ2n) is 5.94. The first-order valence-corrected chi connectivity index (χ1v) is 6.96. The van der Waals surface area contributed by atoms with Gasteiger partial charge in [-0.25, -0.2) is 0 Å². The van der Waals surface area contributed by atoms with Crippen LogP contribution in [0.4, 0.5) is 0 Å². The van der Waals surface area contributed by atoms with Crippen LogP contribution in [-0.2, 0) is 6.54 Å². The molecule has 0 amide bonds. The molecule has 1 atom stereocenters. The van der Waals surface area contributed by atoms with Crippen LogP contribution in [-0.4, -0.2) is 9.55 Å². The summed E-state index contributed by atoms with van der Waals surface area (Å²) in [6, 6.07) is 5.90. The number of nitrogens with zero attached hydrogens (tertiary/aromatic N) is 1. The normalized spacial score (nSPS) is 14.1. The molecule has 1 aromatic heterocycles. The summed E-state index contributed by atoms with van der Waals surface area (Å²) in [4.78, 5) is 3.20. The SMILES string of the molecule is CC(Cn1c(=S)[nH]c2c(Cl)cccc21)C(C)(C)C. The lowest BCUT2D eigenvalue weighted by Crippen LogP contribution is -2.22. The Labute approximate surface area is 118 Å². The summed E-state index contributed by atoms with van der Waals surface area (Å²) in [6.45, 7) is 9.92. The number of para-hydroxylation sites is 1. The van der Waals surface area contributed by atoms with Crippen molar-refractivity contribution in [3.63, 3.8) is 0 Å². The average Bonchev–Trinajstić information content (AvgIpc) is 2.57. The van der Waals surface area contributed by atoms with Crippen molar-refractivity contribution in [2.75, 3.05) is 0 Å². The summed E-state index contributed by atoms with van der Waals surface area (Å²) in [5.41, 5.74) is 2.28. The lowest BCUT2D eigenvalue weighted by Gasteiger charge is -2.27. The molecular formula is C14H19ClN2S. The molecule has 1 unspecified atom stereocenters. The average molecular weight is 283 g/mol. The second-order valence-corrected chi connectivity index (χ2v) is 6.74. The zero-order valence-corrected chi connectivity index (χ0v) is 12.8. The summed E-state index contributed by atoms with van der Waals surface area (Å²) < 4.78 is 2.89. The van der Waals surface area contributed by atoms with E-state index in [1.165, 1.54) is 0 Å². The molecule has 1 heterocycles. The van der Waals surface area contributed by atoms with Crippen LogP contribution in [0, 0.1) is 16.1 Å². The van der Waals surface area contributed by atoms with Crippen molar-refractivity contribution in [1.29, 1.82) is 0 Å². The molecule has 0 aliphatic rings. The number of H-pyrrole nitrogens is 1. The minimum atomic E-state index is 0.261. The second kappa shape index (κ2) is 4.71. The lowest BCUT2D eigenvalue weighted by molar-refractivity contribution is 0.234. The molecule has 1 aromatic carbocycles. The monoisotopic (exact) mass is 282 g/mol. The molecule has 1 N–H and O–H groups in total. The third-order valence-corrected chi connectivity index (χ3v) is 4.33. The largest absolute Gasteiger partial charge is 0.329 e. The van der Waals surface area contributed by atoms with Crippen LogP contribution in [0.1, 0.15) is 27.7 Å². The Balaban J connectivity index is 2.49. The molecule has 0 bridgehead atoms. The van der Waals surface area contributed by atoms with Crippen LogP contribution in [0.15, 0.2) is 18.2 Å². The van der Waals surface area contributed by atoms with Crippen LogP contribution in [0.25, 0.3) is 11.0 Å². The van der Waals surface area contributed by atoms with Gasteiger partial charge in [-0.15, -0.1) is 0 Å². The highest BCUT2D eigenvalue weighted by Crippen LogP contribution is 2.29. The summed E-state index contributed by atoms with van der Waals surface area (Å²) in [5.74, 6) is 0.530. The van der Waals surface area contributed by atoms with Crippen molar-refractivity contribution in [1.82, 2.24) is 9.55 Å². The van der Waals surface area contributed by atoms with Crippen LogP contribution in [0.3, 0.4) is 0 Å². The van der Waals surface area contributed by atoms with E-state index in [0.717, 1.165) is 27.4 Å². The number of hydrogen-bond acceptors (Lipinski definition) is 1. The fraction of sp³-hybridized carbons (Fsp3) is 0.500. The zero-order valence-electron chi connectivity index (χ0n) is 11.2. The number of hydrogen-bond donors (Lipinski definition) is 1. The molecule has 4 heteroatoms. The van der Waals surface area contributed by atoms with Crippen molar-refractivity contribution >= 4 is 34.9 Å². The predicted molar refractivity (Wildman–Crippen MR) is 80.8 cm³/mol. The van der Waals surface area contributed by atoms with Crippen LogP contribution in [0.5, 0.6) is 0 Å². The fourth-order valence-electron chi connectivity index (χ4n) is 1.87. The molecule has 2 rings (SSSR count). The van der Waals surface area contributed by atoms with Gasteiger partial charge in [0.25, 0.3) is 0 Å². The zero-order chi connectivity index (χ0) is 13.5. The molecule has 98 valence electrons. The number of nitrogens with one attached hydrogen (secondary N) is 1. The van der Waals surface area contributed by atoms with Gasteiger partial charge in [-0.3, -0.25) is 0 Å². The summed E-state index contributed by atoms with van der Waals surface area (Å²) >= 11 is 11.6. The van der Waals surface area contributed by atoms with Crippen LogP contribution in [0.2, 0.25) is 5.02 Å². The molecule has 0 fully saturated rings. The number of imidazole rings is 1. The molecule has 0 aliphatic heterocycles. The van der Waals surface area contributed by atoms with Gasteiger partial charge in [0.05, 0.1) is 16.1 Å². The Bertz CT molecular complexity index is 619. The maximum absolute atomic E-state index is 6.18. The maximum Gasteiger partial charge on any atom is 0.178 e. The Morgan fingerprint density at radius 3 is 2.67 bits per heavy atom. The van der Waals surface area contributed by atoms with Gasteiger partial charge in [0.1, 0.15) is 0 Å². The van der Waals surface area contributed by atoms with E-state index in [4.69, 9.17) is 23.8 Å². The molecule has 2 nitrogen and oxygen atoms in total. The number of aromatic nitrogens is 2. The van der Waals surface area contributed by atoms with Crippen molar-refractivity contribution in [3.8, 4) is 0 Å². The Morgan fingerprint density at radius 2 is 2.06 bits per heavy atom. The minimum Gasteiger partial charge on any atom is -0.329 e. The highest BCUT2D eigenvalue weighted by Gasteiger charge is 2.21. The number of rotatable bonds is 2. The molecular weight excluding hydrogens is 264 g/mol. The van der Waals surface area contributed by atoms with E-state index < -0.39 is 0 Å². The standard InChI is InChI=1S/C14H19ClN2S/c1-9(14(2,3)4)8-17-11-7-5-6-10(15)12(11)16-13(17)18/h5-7,9H,8H2,1-4H3,(H,16,18). The maximum atomic E-state index is 6.18. The van der Waals surface area contributed by atoms with E-state index in [1.54, 1.807) is 0 Å². The molecule has 0 radical (unpaired) electrons. The topological polar surface area (TPSA) is 20.7 Å². The number of benzene rings is 1. The Kier molecular flexibility index (Phi) is 3.56. The van der Waals surface area contributed by atoms with Crippen molar-refractivity contribution in [3.05, 3.63) is 28.0 Å². The first-order chi connectivity index (χ1) is 8.30. The minimum absolute atomic E-state index is 0.261. The van der Waals surface area contributed by atoms with Gasteiger partial charge in [-0.2, -0.15) is 0 Å². The molecule has 0 spiro atoms. The van der Waals surface area contributed by atoms with E-state index in [9.17, 15) is 0 Å². The van der Waals surface area contributed by atoms with E-state index in [1.807, 2.05) is 12.1 Å². The van der Waals surface area contributed by atoms with Gasteiger partial charge in [-0.05, 0) is 35.7 Å². The molecule has 0 aliphatic carbocycles. The van der Waals surface area contributed by atoms with Gasteiger partial charge in [0, 0.05) is 6.54 Å². The van der Waals surface area contributed by atoms with Gasteiger partial charge < -0.3 is 9.55 Å². The van der Waals surface area contributed by atoms with E-state index in [0.29, 0.717) is 5.92 Å². The number of halogens is 1. The van der Waals surface area contributed by atoms with Crippen LogP contribution >= 0.6 is 23.8 Å². The Morgan fingerprint density at radius 1 is 1.39 bits per heavy atom. The van der Waals surface area contributed by atoms with Gasteiger partial charge >= 0.3 is 0 Å². The predicted octanol–water partition coefficient (Wildman–Crippen LogP) is 5.03. The third kappa shape index (κ3) is 2.47. The van der Waals surface area contributed by atoms with E-state index in [-0.39, 0.29) is 5.41 Å². The fourth-order valence-corrected chi connectivity index (χ4v) is 2.37. The number of fused-ring (bicyclic) bond motifs is 1. The third-order valence-electron chi connectivity index (χ3n) is 3.69. The number of aromatic amines is 1. The highest BCUT2D eigenvalue weighted by molar-refractivity contribution is 7.71. The first kappa shape index (κ1) is 13.6. The van der Waals surface area contributed by atoms with Crippen molar-refractivity contribution in [2.24, 2.45) is 11.3 Å². The van der Waals surface area contributed by atoms with E-state index >= 15 is 0 Å². The smallest absolute Gasteiger partial charge is 0.178 e. The summed E-state index contributed by atoms with van der Waals surface area (Å²) in [7, 11) is 0. The molecule has 18 heavy (non-hydrogen) atoms. The highest BCUT2D eigenvalue weighted by atomic mass is 35.5. The molecule has 0 saturated carbocycles. The summed E-state index contributed by atoms with van der Waals surface area (Å²) in [6.07, 6.45) is 0. The van der Waals surface area contributed by atoms with Crippen molar-refractivity contribution < 1.29 is 0 Å². The van der Waals surface area contributed by atoms with Crippen LogP contribution < -0.4 is 0 Å².